The summed E-state index contributed by atoms with van der Waals surface area (Å²) < 4.78 is 6.77. The summed E-state index contributed by atoms with van der Waals surface area (Å²) in [4.78, 5) is 24.5. The van der Waals surface area contributed by atoms with E-state index in [1.165, 1.54) is 6.08 Å². The predicted octanol–water partition coefficient (Wildman–Crippen LogP) is 4.71. The normalized spacial score (nSPS) is 11.2. The number of amides is 1. The van der Waals surface area contributed by atoms with E-state index in [-0.39, 0.29) is 18.1 Å². The zero-order valence-corrected chi connectivity index (χ0v) is 17.4. The van der Waals surface area contributed by atoms with Gasteiger partial charge in [-0.1, -0.05) is 35.9 Å². The minimum absolute atomic E-state index is 0.0398. The number of rotatable bonds is 6. The molecular formula is C23H20ClN3O3. The average Bonchev–Trinajstić information content (AvgIpc) is 3.06. The van der Waals surface area contributed by atoms with Gasteiger partial charge in [-0.25, -0.2) is 0 Å². The summed E-state index contributed by atoms with van der Waals surface area (Å²) in [5.74, 6) is -0.900. The molecule has 2 aromatic carbocycles. The number of esters is 1. The molecule has 1 amide bonds. The van der Waals surface area contributed by atoms with Crippen LogP contribution < -0.4 is 5.32 Å². The van der Waals surface area contributed by atoms with Crippen LogP contribution in [0.4, 0.5) is 5.69 Å². The van der Waals surface area contributed by atoms with Gasteiger partial charge < -0.3 is 14.6 Å². The maximum atomic E-state index is 12.6. The third-order valence-corrected chi connectivity index (χ3v) is 4.93. The number of carbonyl (C=O) groups excluding carboxylic acids is 2. The lowest BCUT2D eigenvalue weighted by molar-refractivity contribution is -0.143. The summed E-state index contributed by atoms with van der Waals surface area (Å²) in [7, 11) is 0. The van der Waals surface area contributed by atoms with Crippen LogP contribution in [-0.4, -0.2) is 23.1 Å². The lowest BCUT2D eigenvalue weighted by atomic mass is 10.1. The first-order valence-electron chi connectivity index (χ1n) is 9.35. The van der Waals surface area contributed by atoms with Crippen LogP contribution in [0.1, 0.15) is 18.1 Å². The van der Waals surface area contributed by atoms with Crippen molar-refractivity contribution in [2.45, 2.75) is 20.4 Å². The molecule has 1 aromatic heterocycles. The van der Waals surface area contributed by atoms with Gasteiger partial charge in [-0.05, 0) is 43.7 Å². The largest absolute Gasteiger partial charge is 0.465 e. The molecule has 0 radical (unpaired) electrons. The molecule has 6 nitrogen and oxygen atoms in total. The highest BCUT2D eigenvalue weighted by atomic mass is 35.5. The lowest BCUT2D eigenvalue weighted by Crippen LogP contribution is -2.13. The molecule has 0 saturated heterocycles. The summed E-state index contributed by atoms with van der Waals surface area (Å²) in [6.45, 7) is 3.95. The van der Waals surface area contributed by atoms with Crippen LogP contribution in [0.15, 0.2) is 54.2 Å². The van der Waals surface area contributed by atoms with Gasteiger partial charge in [-0.15, -0.1) is 0 Å². The summed E-state index contributed by atoms with van der Waals surface area (Å²) in [5.41, 5.74) is 2.79. The van der Waals surface area contributed by atoms with E-state index in [4.69, 9.17) is 16.3 Å². The summed E-state index contributed by atoms with van der Waals surface area (Å²) in [6.07, 6.45) is 3.24. The number of ether oxygens (including phenoxy) is 1. The molecule has 0 saturated carbocycles. The number of halogens is 1. The van der Waals surface area contributed by atoms with Gasteiger partial charge in [0.1, 0.15) is 18.2 Å². The summed E-state index contributed by atoms with van der Waals surface area (Å²) >= 11 is 6.10. The minimum Gasteiger partial charge on any atom is -0.465 e. The molecule has 0 aliphatic heterocycles. The van der Waals surface area contributed by atoms with Crippen LogP contribution in [0.2, 0.25) is 5.02 Å². The van der Waals surface area contributed by atoms with Crippen molar-refractivity contribution in [2.24, 2.45) is 0 Å². The van der Waals surface area contributed by atoms with Crippen molar-refractivity contribution in [2.75, 3.05) is 11.9 Å². The summed E-state index contributed by atoms with van der Waals surface area (Å²) in [5, 5.41) is 13.6. The van der Waals surface area contributed by atoms with Crippen molar-refractivity contribution < 1.29 is 14.3 Å². The zero-order chi connectivity index (χ0) is 21.7. The van der Waals surface area contributed by atoms with Crippen LogP contribution >= 0.6 is 11.6 Å². The second-order valence-corrected chi connectivity index (χ2v) is 7.03. The van der Waals surface area contributed by atoms with Crippen LogP contribution in [-0.2, 0) is 20.9 Å². The van der Waals surface area contributed by atoms with Gasteiger partial charge in [-0.3, -0.25) is 9.59 Å². The van der Waals surface area contributed by atoms with Gasteiger partial charge in [-0.2, -0.15) is 5.26 Å². The van der Waals surface area contributed by atoms with E-state index in [0.717, 1.165) is 16.5 Å². The first-order chi connectivity index (χ1) is 14.4. The smallest absolute Gasteiger partial charge is 0.325 e. The quantitative estimate of drug-likeness (QED) is 0.355. The molecule has 0 atom stereocenters. The Morgan fingerprint density at radius 3 is 2.73 bits per heavy atom. The van der Waals surface area contributed by atoms with Crippen molar-refractivity contribution in [3.63, 3.8) is 0 Å². The molecule has 0 unspecified atom stereocenters. The number of fused-ring (bicyclic) bond motifs is 1. The number of nitrogens with zero attached hydrogens (tertiary/aromatic N) is 2. The number of nitriles is 1. The van der Waals surface area contributed by atoms with Crippen molar-refractivity contribution in [3.05, 3.63) is 70.4 Å². The fourth-order valence-corrected chi connectivity index (χ4v) is 3.22. The van der Waals surface area contributed by atoms with E-state index in [1.807, 2.05) is 37.3 Å². The second kappa shape index (κ2) is 9.29. The molecule has 0 bridgehead atoms. The predicted molar refractivity (Wildman–Crippen MR) is 117 cm³/mol. The third-order valence-electron chi connectivity index (χ3n) is 4.52. The molecule has 1 N–H and O–H groups in total. The van der Waals surface area contributed by atoms with Crippen LogP contribution in [0.5, 0.6) is 0 Å². The average molecular weight is 422 g/mol. The van der Waals surface area contributed by atoms with Crippen molar-refractivity contribution >= 4 is 46.1 Å². The molecule has 1 heterocycles. The number of para-hydroxylation sites is 1. The Morgan fingerprint density at radius 1 is 1.27 bits per heavy atom. The van der Waals surface area contributed by atoms with Crippen LogP contribution in [0.25, 0.3) is 17.0 Å². The first kappa shape index (κ1) is 21.2. The number of aryl methyl sites for hydroxylation is 1. The molecule has 3 rings (SSSR count). The van der Waals surface area contributed by atoms with Gasteiger partial charge in [0.2, 0.25) is 0 Å². The third kappa shape index (κ3) is 4.70. The van der Waals surface area contributed by atoms with E-state index in [2.05, 4.69) is 5.32 Å². The maximum Gasteiger partial charge on any atom is 0.325 e. The van der Waals surface area contributed by atoms with Gasteiger partial charge in [0, 0.05) is 33.4 Å². The number of anilines is 1. The van der Waals surface area contributed by atoms with E-state index in [9.17, 15) is 14.9 Å². The molecule has 0 fully saturated rings. The highest BCUT2D eigenvalue weighted by Crippen LogP contribution is 2.25. The zero-order valence-electron chi connectivity index (χ0n) is 16.6. The second-order valence-electron chi connectivity index (χ2n) is 6.62. The van der Waals surface area contributed by atoms with Crippen molar-refractivity contribution in [1.29, 1.82) is 5.26 Å². The van der Waals surface area contributed by atoms with Crippen molar-refractivity contribution in [3.8, 4) is 6.07 Å². The molecule has 0 aliphatic rings. The number of carbonyl (C=O) groups is 2. The molecule has 0 spiro atoms. The topological polar surface area (TPSA) is 84.1 Å². The molecule has 7 heteroatoms. The maximum absolute atomic E-state index is 12.6. The Bertz CT molecular complexity index is 1190. The number of aromatic nitrogens is 1. The molecule has 30 heavy (non-hydrogen) atoms. The molecule has 0 aliphatic carbocycles. The van der Waals surface area contributed by atoms with E-state index < -0.39 is 5.91 Å². The van der Waals surface area contributed by atoms with E-state index in [0.29, 0.717) is 22.9 Å². The number of nitrogens with one attached hydrogen (secondary N) is 1. The van der Waals surface area contributed by atoms with Gasteiger partial charge >= 0.3 is 5.97 Å². The fraction of sp³-hybridized carbons (Fsp3) is 0.174. The van der Waals surface area contributed by atoms with E-state index >= 15 is 0 Å². The van der Waals surface area contributed by atoms with Crippen molar-refractivity contribution in [1.82, 2.24) is 4.57 Å². The van der Waals surface area contributed by atoms with Gasteiger partial charge in [0.15, 0.2) is 0 Å². The SMILES string of the molecule is CCOC(=O)Cn1cc(/C=C(\C#N)C(=O)Nc2ccc(C)c(Cl)c2)c2ccccc21. The Kier molecular flexibility index (Phi) is 6.55. The standard InChI is InChI=1S/C23H20ClN3O3/c1-3-30-22(28)14-27-13-17(19-6-4-5-7-21(19)27)10-16(12-25)23(29)26-18-9-8-15(2)20(24)11-18/h4-11,13H,3,14H2,1-2H3,(H,26,29)/b16-10+. The number of hydrogen-bond donors (Lipinski definition) is 1. The highest BCUT2D eigenvalue weighted by Gasteiger charge is 2.14. The molecular weight excluding hydrogens is 402 g/mol. The fourth-order valence-electron chi connectivity index (χ4n) is 3.04. The lowest BCUT2D eigenvalue weighted by Gasteiger charge is -2.06. The van der Waals surface area contributed by atoms with Crippen LogP contribution in [0, 0.1) is 18.3 Å². The Labute approximate surface area is 179 Å². The van der Waals surface area contributed by atoms with Gasteiger partial charge in [0.05, 0.1) is 6.61 Å². The number of benzene rings is 2. The minimum atomic E-state index is -0.542. The number of hydrogen-bond acceptors (Lipinski definition) is 4. The Morgan fingerprint density at radius 2 is 2.03 bits per heavy atom. The van der Waals surface area contributed by atoms with Crippen LogP contribution in [0.3, 0.4) is 0 Å². The first-order valence-corrected chi connectivity index (χ1v) is 9.73. The van der Waals surface area contributed by atoms with Gasteiger partial charge in [0.25, 0.3) is 5.91 Å². The Balaban J connectivity index is 1.93. The Hall–Kier alpha value is -3.56. The molecule has 152 valence electrons. The molecule has 3 aromatic rings. The van der Waals surface area contributed by atoms with E-state index in [1.54, 1.807) is 35.9 Å². The monoisotopic (exact) mass is 421 g/mol. The highest BCUT2D eigenvalue weighted by molar-refractivity contribution is 6.31. The summed E-state index contributed by atoms with van der Waals surface area (Å²) in [6, 6.07) is 14.5.